The van der Waals surface area contributed by atoms with Crippen molar-refractivity contribution < 1.29 is 22.7 Å². The molecule has 1 fully saturated rings. The number of aromatic nitrogens is 4. The number of hydrogen-bond donors (Lipinski definition) is 2. The lowest BCUT2D eigenvalue weighted by atomic mass is 10.0. The van der Waals surface area contributed by atoms with Gasteiger partial charge in [-0.1, -0.05) is 13.8 Å². The Bertz CT molecular complexity index is 858. The molecule has 1 saturated heterocycles. The molecular formula is C17H24ClF3N6O2. The lowest BCUT2D eigenvalue weighted by molar-refractivity contribution is -0.147. The van der Waals surface area contributed by atoms with Gasteiger partial charge in [0.2, 0.25) is 5.95 Å². The van der Waals surface area contributed by atoms with Crippen LogP contribution in [-0.2, 0) is 22.1 Å². The van der Waals surface area contributed by atoms with Gasteiger partial charge in [0, 0.05) is 19.9 Å². The zero-order chi connectivity index (χ0) is 20.5. The summed E-state index contributed by atoms with van der Waals surface area (Å²) in [6.45, 7) is 6.30. The van der Waals surface area contributed by atoms with Gasteiger partial charge in [0.25, 0.3) is 0 Å². The Morgan fingerprint density at radius 1 is 1.45 bits per heavy atom. The number of alkyl halides is 3. The number of fused-ring (bicyclic) bond motifs is 1. The van der Waals surface area contributed by atoms with Crippen LogP contribution >= 0.6 is 12.4 Å². The molecule has 1 aliphatic heterocycles. The maximum atomic E-state index is 13.3. The van der Waals surface area contributed by atoms with E-state index in [4.69, 9.17) is 4.74 Å². The quantitative estimate of drug-likeness (QED) is 0.695. The van der Waals surface area contributed by atoms with E-state index >= 15 is 0 Å². The lowest BCUT2D eigenvalue weighted by Crippen LogP contribution is -2.50. The van der Waals surface area contributed by atoms with E-state index in [1.807, 2.05) is 13.8 Å². The molecule has 2 aromatic heterocycles. The van der Waals surface area contributed by atoms with Crippen molar-refractivity contribution in [2.24, 2.45) is 5.92 Å². The Morgan fingerprint density at radius 2 is 2.17 bits per heavy atom. The molecule has 0 saturated carbocycles. The first kappa shape index (κ1) is 23.1. The predicted octanol–water partition coefficient (Wildman–Crippen LogP) is 2.47. The number of piperidine rings is 1. The van der Waals surface area contributed by atoms with Crippen LogP contribution in [0.25, 0.3) is 5.52 Å². The smallest absolute Gasteiger partial charge is 0.435 e. The molecule has 0 bridgehead atoms. The Morgan fingerprint density at radius 3 is 2.79 bits per heavy atom. The van der Waals surface area contributed by atoms with E-state index in [9.17, 15) is 18.0 Å². The van der Waals surface area contributed by atoms with E-state index in [0.29, 0.717) is 25.9 Å². The second-order valence-corrected chi connectivity index (χ2v) is 7.24. The molecule has 162 valence electrons. The van der Waals surface area contributed by atoms with Crippen LogP contribution in [0.15, 0.2) is 6.20 Å². The van der Waals surface area contributed by atoms with Gasteiger partial charge in [-0.2, -0.15) is 13.2 Å². The highest BCUT2D eigenvalue weighted by Crippen LogP contribution is 2.32. The van der Waals surface area contributed by atoms with Gasteiger partial charge >= 0.3 is 12.1 Å². The maximum Gasteiger partial charge on any atom is 0.435 e. The lowest BCUT2D eigenvalue weighted by Gasteiger charge is -2.31. The molecule has 0 aromatic carbocycles. The van der Waals surface area contributed by atoms with Gasteiger partial charge in [-0.25, -0.2) is 14.5 Å². The Hall–Kier alpha value is -2.14. The summed E-state index contributed by atoms with van der Waals surface area (Å²) in [5.41, 5.74) is -1.18. The third kappa shape index (κ3) is 5.47. The van der Waals surface area contributed by atoms with Crippen molar-refractivity contribution in [3.05, 3.63) is 17.7 Å². The van der Waals surface area contributed by atoms with Crippen LogP contribution in [0.2, 0.25) is 0 Å². The van der Waals surface area contributed by atoms with E-state index in [0.717, 1.165) is 6.20 Å². The standard InChI is InChI=1S/C17H23F3N6O2.ClH/c1-9(2)6-14-24-15(17(18,19)20)12-7-22-16(25-26(12)14)23-11-4-5-21-8-13(11)28-10(3)27;/h7,9,11,13,21H,4-6,8H2,1-3H3,(H,23,25);1H/t11-,13-;/m1./s1. The highest BCUT2D eigenvalue weighted by atomic mass is 35.5. The SMILES string of the molecule is CC(=O)O[C@@H]1CNCC[C@H]1Nc1ncc2c(C(F)(F)F)nc(CC(C)C)n2n1.Cl. The van der Waals surface area contributed by atoms with Crippen molar-refractivity contribution >= 4 is 29.8 Å². The van der Waals surface area contributed by atoms with Crippen molar-refractivity contribution in [1.82, 2.24) is 24.9 Å². The molecule has 12 heteroatoms. The minimum atomic E-state index is -4.59. The van der Waals surface area contributed by atoms with Gasteiger partial charge in [0.15, 0.2) is 5.69 Å². The summed E-state index contributed by atoms with van der Waals surface area (Å²) in [6, 6.07) is -0.248. The van der Waals surface area contributed by atoms with Crippen LogP contribution in [0, 0.1) is 5.92 Å². The third-order valence-electron chi connectivity index (χ3n) is 4.38. The van der Waals surface area contributed by atoms with Gasteiger partial charge in [-0.3, -0.25) is 4.79 Å². The molecule has 0 radical (unpaired) electrons. The fourth-order valence-corrected chi connectivity index (χ4v) is 3.21. The molecule has 0 aliphatic carbocycles. The average Bonchev–Trinajstić information content (AvgIpc) is 2.94. The number of anilines is 1. The maximum absolute atomic E-state index is 13.3. The zero-order valence-electron chi connectivity index (χ0n) is 16.3. The number of hydrogen-bond acceptors (Lipinski definition) is 7. The first-order chi connectivity index (χ1) is 13.1. The molecule has 0 spiro atoms. The second-order valence-electron chi connectivity index (χ2n) is 7.24. The molecule has 2 aromatic rings. The third-order valence-corrected chi connectivity index (χ3v) is 4.38. The summed E-state index contributed by atoms with van der Waals surface area (Å²) < 4.78 is 46.4. The Balaban J connectivity index is 0.00000300. The minimum Gasteiger partial charge on any atom is -0.459 e. The van der Waals surface area contributed by atoms with E-state index in [-0.39, 0.29) is 41.7 Å². The Labute approximate surface area is 172 Å². The summed E-state index contributed by atoms with van der Waals surface area (Å²) in [6.07, 6.45) is -2.90. The fraction of sp³-hybridized carbons (Fsp3) is 0.647. The summed E-state index contributed by atoms with van der Waals surface area (Å²) in [5, 5.41) is 10.5. The van der Waals surface area contributed by atoms with Gasteiger partial charge in [-0.05, 0) is 18.9 Å². The number of esters is 1. The summed E-state index contributed by atoms with van der Waals surface area (Å²) in [5.74, 6) is 0.0913. The molecular weight excluding hydrogens is 413 g/mol. The topological polar surface area (TPSA) is 93.4 Å². The fourth-order valence-electron chi connectivity index (χ4n) is 3.21. The molecule has 2 atom stereocenters. The van der Waals surface area contributed by atoms with E-state index in [2.05, 4.69) is 25.7 Å². The van der Waals surface area contributed by atoms with Crippen molar-refractivity contribution in [3.63, 3.8) is 0 Å². The minimum absolute atomic E-state index is 0. The molecule has 0 amide bonds. The van der Waals surface area contributed by atoms with Gasteiger partial charge in [-0.15, -0.1) is 17.5 Å². The van der Waals surface area contributed by atoms with Gasteiger partial charge in [0.05, 0.1) is 12.2 Å². The summed E-state index contributed by atoms with van der Waals surface area (Å²) in [4.78, 5) is 19.1. The van der Waals surface area contributed by atoms with Crippen LogP contribution in [-0.4, -0.2) is 50.8 Å². The van der Waals surface area contributed by atoms with Crippen LogP contribution in [0.1, 0.15) is 38.7 Å². The average molecular weight is 437 g/mol. The zero-order valence-corrected chi connectivity index (χ0v) is 17.1. The number of imidazole rings is 1. The van der Waals surface area contributed by atoms with Crippen molar-refractivity contribution in [2.75, 3.05) is 18.4 Å². The van der Waals surface area contributed by atoms with Gasteiger partial charge in [0.1, 0.15) is 17.4 Å². The second kappa shape index (κ2) is 9.12. The number of nitrogens with one attached hydrogen (secondary N) is 2. The molecule has 8 nitrogen and oxygen atoms in total. The first-order valence-corrected chi connectivity index (χ1v) is 9.11. The van der Waals surface area contributed by atoms with Crippen LogP contribution in [0.5, 0.6) is 0 Å². The largest absolute Gasteiger partial charge is 0.459 e. The van der Waals surface area contributed by atoms with Crippen LogP contribution in [0.3, 0.4) is 0 Å². The molecule has 1 aliphatic rings. The van der Waals surface area contributed by atoms with Crippen molar-refractivity contribution in [3.8, 4) is 0 Å². The predicted molar refractivity (Wildman–Crippen MR) is 102 cm³/mol. The van der Waals surface area contributed by atoms with Crippen LogP contribution < -0.4 is 10.6 Å². The first-order valence-electron chi connectivity index (χ1n) is 9.11. The Kier molecular flexibility index (Phi) is 7.28. The molecule has 3 heterocycles. The highest BCUT2D eigenvalue weighted by Gasteiger charge is 2.37. The van der Waals surface area contributed by atoms with E-state index in [1.54, 1.807) is 0 Å². The number of carbonyl (C=O) groups excluding carboxylic acids is 1. The van der Waals surface area contributed by atoms with Crippen molar-refractivity contribution in [2.45, 2.75) is 51.9 Å². The highest BCUT2D eigenvalue weighted by molar-refractivity contribution is 5.85. The van der Waals surface area contributed by atoms with Gasteiger partial charge < -0.3 is 15.4 Å². The van der Waals surface area contributed by atoms with E-state index < -0.39 is 23.9 Å². The van der Waals surface area contributed by atoms with Crippen LogP contribution in [0.4, 0.5) is 19.1 Å². The molecule has 2 N–H and O–H groups in total. The summed E-state index contributed by atoms with van der Waals surface area (Å²) >= 11 is 0. The molecule has 3 rings (SSSR count). The molecule has 29 heavy (non-hydrogen) atoms. The molecule has 0 unspecified atom stereocenters. The number of carbonyl (C=O) groups is 1. The normalized spacial score (nSPS) is 19.8. The van der Waals surface area contributed by atoms with E-state index in [1.165, 1.54) is 11.4 Å². The number of ether oxygens (including phenoxy) is 1. The number of halogens is 4. The number of rotatable bonds is 5. The number of nitrogens with zero attached hydrogens (tertiary/aromatic N) is 4. The monoisotopic (exact) mass is 436 g/mol. The summed E-state index contributed by atoms with van der Waals surface area (Å²) in [7, 11) is 0. The van der Waals surface area contributed by atoms with Crippen molar-refractivity contribution in [1.29, 1.82) is 0 Å².